The SMILES string of the molecule is CCO[Si](CCCCCCCCCCCOC(C)=O)(OCC)OCC. The quantitative estimate of drug-likeness (QED) is 0.189. The molecule has 0 radical (unpaired) electrons. The Morgan fingerprint density at radius 2 is 1.08 bits per heavy atom. The molecule has 6 heteroatoms. The van der Waals surface area contributed by atoms with Crippen LogP contribution in [0.3, 0.4) is 0 Å². The zero-order valence-electron chi connectivity index (χ0n) is 16.9. The van der Waals surface area contributed by atoms with Crippen LogP contribution in [-0.4, -0.2) is 41.2 Å². The van der Waals surface area contributed by atoms with Crippen LogP contribution in [0.25, 0.3) is 0 Å². The van der Waals surface area contributed by atoms with Crippen LogP contribution in [0.15, 0.2) is 0 Å². The first-order valence-corrected chi connectivity index (χ1v) is 12.1. The molecule has 0 aromatic rings. The summed E-state index contributed by atoms with van der Waals surface area (Å²) in [5.74, 6) is -0.176. The van der Waals surface area contributed by atoms with Crippen molar-refractivity contribution in [1.82, 2.24) is 0 Å². The molecule has 0 heterocycles. The molecule has 0 bridgehead atoms. The van der Waals surface area contributed by atoms with Gasteiger partial charge < -0.3 is 18.0 Å². The lowest BCUT2D eigenvalue weighted by atomic mass is 10.1. The predicted octanol–water partition coefficient (Wildman–Crippen LogP) is 5.11. The van der Waals surface area contributed by atoms with Crippen LogP contribution in [-0.2, 0) is 22.8 Å². The summed E-state index contributed by atoms with van der Waals surface area (Å²) < 4.78 is 22.6. The third-order valence-electron chi connectivity index (χ3n) is 4.03. The highest BCUT2D eigenvalue weighted by atomic mass is 28.4. The van der Waals surface area contributed by atoms with E-state index < -0.39 is 8.80 Å². The summed E-state index contributed by atoms with van der Waals surface area (Å²) in [5, 5.41) is 0. The average molecular weight is 377 g/mol. The summed E-state index contributed by atoms with van der Waals surface area (Å²) in [6, 6.07) is 0.929. The number of hydrogen-bond acceptors (Lipinski definition) is 5. The Balaban J connectivity index is 3.61. The summed E-state index contributed by atoms with van der Waals surface area (Å²) in [5.41, 5.74) is 0. The third kappa shape index (κ3) is 14.4. The molecular formula is C19H40O5Si. The minimum atomic E-state index is -2.43. The van der Waals surface area contributed by atoms with Crippen molar-refractivity contribution in [3.8, 4) is 0 Å². The van der Waals surface area contributed by atoms with E-state index in [4.69, 9.17) is 18.0 Å². The van der Waals surface area contributed by atoms with Crippen LogP contribution in [0.1, 0.15) is 85.5 Å². The van der Waals surface area contributed by atoms with Crippen molar-refractivity contribution < 1.29 is 22.8 Å². The molecule has 0 aromatic carbocycles. The van der Waals surface area contributed by atoms with Crippen LogP contribution in [0, 0.1) is 0 Å². The Kier molecular flexibility index (Phi) is 16.7. The van der Waals surface area contributed by atoms with Crippen molar-refractivity contribution in [3.63, 3.8) is 0 Å². The van der Waals surface area contributed by atoms with Gasteiger partial charge in [-0.05, 0) is 33.6 Å². The van der Waals surface area contributed by atoms with Crippen LogP contribution < -0.4 is 0 Å². The second kappa shape index (κ2) is 17.0. The first kappa shape index (κ1) is 24.6. The van der Waals surface area contributed by atoms with Gasteiger partial charge in [-0.2, -0.15) is 0 Å². The maximum absolute atomic E-state index is 10.6. The fourth-order valence-electron chi connectivity index (χ4n) is 2.90. The van der Waals surface area contributed by atoms with Gasteiger partial charge in [0.25, 0.3) is 0 Å². The highest BCUT2D eigenvalue weighted by Gasteiger charge is 2.39. The van der Waals surface area contributed by atoms with Gasteiger partial charge in [0.2, 0.25) is 0 Å². The highest BCUT2D eigenvalue weighted by Crippen LogP contribution is 2.20. The molecule has 0 aromatic heterocycles. The van der Waals surface area contributed by atoms with E-state index in [9.17, 15) is 4.79 Å². The van der Waals surface area contributed by atoms with E-state index in [0.29, 0.717) is 26.4 Å². The van der Waals surface area contributed by atoms with E-state index in [0.717, 1.165) is 25.3 Å². The second-order valence-electron chi connectivity index (χ2n) is 6.25. The molecule has 25 heavy (non-hydrogen) atoms. The number of hydrogen-bond donors (Lipinski definition) is 0. The molecule has 0 atom stereocenters. The Morgan fingerprint density at radius 3 is 1.48 bits per heavy atom. The molecule has 150 valence electrons. The Morgan fingerprint density at radius 1 is 0.680 bits per heavy atom. The van der Waals surface area contributed by atoms with Crippen molar-refractivity contribution in [2.45, 2.75) is 91.5 Å². The number of carbonyl (C=O) groups excluding carboxylic acids is 1. The van der Waals surface area contributed by atoms with Crippen molar-refractivity contribution in [2.24, 2.45) is 0 Å². The molecule has 0 aliphatic rings. The van der Waals surface area contributed by atoms with Gasteiger partial charge in [-0.15, -0.1) is 0 Å². The fourth-order valence-corrected chi connectivity index (χ4v) is 5.58. The van der Waals surface area contributed by atoms with Crippen molar-refractivity contribution in [3.05, 3.63) is 0 Å². The molecule has 0 rings (SSSR count). The zero-order chi connectivity index (χ0) is 18.8. The monoisotopic (exact) mass is 376 g/mol. The minimum absolute atomic E-state index is 0.176. The zero-order valence-corrected chi connectivity index (χ0v) is 17.9. The average Bonchev–Trinajstić information content (AvgIpc) is 2.56. The lowest BCUT2D eigenvalue weighted by Crippen LogP contribution is -2.45. The molecular weight excluding hydrogens is 336 g/mol. The number of ether oxygens (including phenoxy) is 1. The Hall–Kier alpha value is -0.433. The van der Waals surface area contributed by atoms with E-state index in [1.165, 1.54) is 45.4 Å². The van der Waals surface area contributed by atoms with Gasteiger partial charge in [0.1, 0.15) is 0 Å². The smallest absolute Gasteiger partial charge is 0.466 e. The highest BCUT2D eigenvalue weighted by molar-refractivity contribution is 6.60. The molecule has 0 amide bonds. The Labute approximate surface area is 156 Å². The summed E-state index contributed by atoms with van der Waals surface area (Å²) >= 11 is 0. The Bertz CT molecular complexity index is 295. The molecule has 0 fully saturated rings. The molecule has 0 spiro atoms. The second-order valence-corrected chi connectivity index (χ2v) is 8.99. The van der Waals surface area contributed by atoms with Crippen LogP contribution in [0.4, 0.5) is 0 Å². The minimum Gasteiger partial charge on any atom is -0.466 e. The maximum Gasteiger partial charge on any atom is 0.500 e. The number of rotatable bonds is 18. The van der Waals surface area contributed by atoms with E-state index >= 15 is 0 Å². The van der Waals surface area contributed by atoms with Gasteiger partial charge in [0.15, 0.2) is 0 Å². The largest absolute Gasteiger partial charge is 0.500 e. The number of esters is 1. The van der Waals surface area contributed by atoms with Gasteiger partial charge in [-0.25, -0.2) is 0 Å². The standard InChI is InChI=1S/C19H40O5Si/c1-5-22-25(23-6-2,24-7-3)18-16-14-12-10-8-9-11-13-15-17-21-19(4)20/h5-18H2,1-4H3. The lowest BCUT2D eigenvalue weighted by Gasteiger charge is -2.28. The van der Waals surface area contributed by atoms with Crippen LogP contribution in [0.2, 0.25) is 6.04 Å². The van der Waals surface area contributed by atoms with Gasteiger partial charge in [-0.3, -0.25) is 4.79 Å². The summed E-state index contributed by atoms with van der Waals surface area (Å²) in [6.07, 6.45) is 10.8. The van der Waals surface area contributed by atoms with Crippen LogP contribution >= 0.6 is 0 Å². The van der Waals surface area contributed by atoms with Gasteiger partial charge in [0, 0.05) is 32.8 Å². The van der Waals surface area contributed by atoms with Gasteiger partial charge >= 0.3 is 14.8 Å². The van der Waals surface area contributed by atoms with E-state index in [-0.39, 0.29) is 5.97 Å². The van der Waals surface area contributed by atoms with Crippen molar-refractivity contribution in [1.29, 1.82) is 0 Å². The molecule has 0 saturated carbocycles. The topological polar surface area (TPSA) is 54.0 Å². The molecule has 0 aliphatic heterocycles. The van der Waals surface area contributed by atoms with Crippen molar-refractivity contribution >= 4 is 14.8 Å². The first-order chi connectivity index (χ1) is 12.1. The summed E-state index contributed by atoms with van der Waals surface area (Å²) in [6.45, 7) is 10.0. The fraction of sp³-hybridized carbons (Fsp3) is 0.947. The van der Waals surface area contributed by atoms with Crippen LogP contribution in [0.5, 0.6) is 0 Å². The first-order valence-electron chi connectivity index (χ1n) is 10.2. The van der Waals surface area contributed by atoms with Crippen molar-refractivity contribution in [2.75, 3.05) is 26.4 Å². The summed E-state index contributed by atoms with van der Waals surface area (Å²) in [7, 11) is -2.43. The number of unbranched alkanes of at least 4 members (excludes halogenated alkanes) is 8. The lowest BCUT2D eigenvalue weighted by molar-refractivity contribution is -0.141. The normalized spacial score (nSPS) is 11.7. The molecule has 0 aliphatic carbocycles. The van der Waals surface area contributed by atoms with E-state index in [2.05, 4.69) is 0 Å². The molecule has 0 saturated heterocycles. The summed E-state index contributed by atoms with van der Waals surface area (Å²) in [4.78, 5) is 10.6. The predicted molar refractivity (Wildman–Crippen MR) is 104 cm³/mol. The van der Waals surface area contributed by atoms with Gasteiger partial charge in [-0.1, -0.05) is 44.9 Å². The van der Waals surface area contributed by atoms with E-state index in [1.807, 2.05) is 20.8 Å². The third-order valence-corrected chi connectivity index (χ3v) is 7.18. The maximum atomic E-state index is 10.6. The molecule has 5 nitrogen and oxygen atoms in total. The molecule has 0 unspecified atom stereocenters. The number of carbonyl (C=O) groups is 1. The van der Waals surface area contributed by atoms with E-state index in [1.54, 1.807) is 0 Å². The molecule has 0 N–H and O–H groups in total. The van der Waals surface area contributed by atoms with Gasteiger partial charge in [0.05, 0.1) is 6.61 Å².